The summed E-state index contributed by atoms with van der Waals surface area (Å²) in [5.74, 6) is -0.492. The molecule has 0 N–H and O–H groups in total. The van der Waals surface area contributed by atoms with Gasteiger partial charge in [-0.15, -0.1) is 0 Å². The molecule has 0 bridgehead atoms. The third kappa shape index (κ3) is 1.63. The Morgan fingerprint density at radius 1 is 1.29 bits per heavy atom. The summed E-state index contributed by atoms with van der Waals surface area (Å²) in [5, 5.41) is 0. The molecule has 1 heterocycles. The summed E-state index contributed by atoms with van der Waals surface area (Å²) in [5.41, 5.74) is 0. The van der Waals surface area contributed by atoms with E-state index in [4.69, 9.17) is 21.1 Å². The summed E-state index contributed by atoms with van der Waals surface area (Å²) in [7, 11) is 0. The molecule has 0 spiro atoms. The Hall–Kier alpha value is 0.210. The van der Waals surface area contributed by atoms with Gasteiger partial charge in [0, 0.05) is 0 Å². The smallest absolute Gasteiger partial charge is 0.237 e. The first-order chi connectivity index (χ1) is 3.39. The largest absolute Gasteiger partial charge is 0.340 e. The average molecular weight is 123 g/mol. The van der Waals surface area contributed by atoms with Crippen molar-refractivity contribution >= 4 is 11.6 Å². The first-order valence-corrected chi connectivity index (χ1v) is 2.70. The number of halogens is 1. The fourth-order valence-corrected chi connectivity index (χ4v) is 0.637. The van der Waals surface area contributed by atoms with E-state index < -0.39 is 5.75 Å². The molecular formula is C4H7ClO2. The molecule has 42 valence electrons. The fourth-order valence-electron chi connectivity index (χ4n) is 0.459. The number of rotatable bonds is 0. The molecule has 0 radical (unpaired) electrons. The molecule has 0 unspecified atom stereocenters. The van der Waals surface area contributed by atoms with Crippen molar-refractivity contribution in [3.05, 3.63) is 0 Å². The van der Waals surface area contributed by atoms with E-state index in [2.05, 4.69) is 0 Å². The molecule has 0 saturated carbocycles. The number of alkyl halides is 1. The van der Waals surface area contributed by atoms with E-state index in [1.165, 1.54) is 0 Å². The van der Waals surface area contributed by atoms with Crippen molar-refractivity contribution in [3.8, 4) is 0 Å². The van der Waals surface area contributed by atoms with Gasteiger partial charge in [0.05, 0.1) is 13.2 Å². The van der Waals surface area contributed by atoms with Crippen LogP contribution in [0.3, 0.4) is 0 Å². The Morgan fingerprint density at radius 2 is 1.86 bits per heavy atom. The Labute approximate surface area is 47.4 Å². The number of hydrogen-bond acceptors (Lipinski definition) is 2. The summed E-state index contributed by atoms with van der Waals surface area (Å²) in [6, 6.07) is 0. The van der Waals surface area contributed by atoms with Gasteiger partial charge in [-0.1, -0.05) is 11.6 Å². The van der Waals surface area contributed by atoms with E-state index in [0.717, 1.165) is 19.6 Å². The lowest BCUT2D eigenvalue weighted by atomic mass is 10.5. The van der Waals surface area contributed by atoms with Crippen LogP contribution in [0.4, 0.5) is 0 Å². The van der Waals surface area contributed by atoms with Gasteiger partial charge in [0.2, 0.25) is 5.75 Å². The monoisotopic (exact) mass is 122 g/mol. The Balaban J connectivity index is 2.12. The van der Waals surface area contributed by atoms with Crippen LogP contribution in [0.25, 0.3) is 0 Å². The minimum absolute atomic E-state index is 0.492. The van der Waals surface area contributed by atoms with Crippen LogP contribution in [0.1, 0.15) is 6.42 Å². The standard InChI is InChI=1S/C4H7ClO2/c5-4-6-2-1-3-7-4/h4H,1-3H2. The van der Waals surface area contributed by atoms with Crippen LogP contribution in [0.15, 0.2) is 0 Å². The molecule has 1 rings (SSSR count). The van der Waals surface area contributed by atoms with Crippen LogP contribution < -0.4 is 0 Å². The zero-order valence-corrected chi connectivity index (χ0v) is 4.65. The second-order valence-corrected chi connectivity index (χ2v) is 1.73. The van der Waals surface area contributed by atoms with Crippen molar-refractivity contribution < 1.29 is 9.47 Å². The molecule has 1 aliphatic rings. The highest BCUT2D eigenvalue weighted by molar-refractivity contribution is 6.18. The van der Waals surface area contributed by atoms with E-state index in [0.29, 0.717) is 0 Å². The topological polar surface area (TPSA) is 18.5 Å². The van der Waals surface area contributed by atoms with Crippen LogP contribution in [-0.2, 0) is 9.47 Å². The maximum Gasteiger partial charge on any atom is 0.237 e. The highest BCUT2D eigenvalue weighted by Gasteiger charge is 2.08. The third-order valence-electron chi connectivity index (χ3n) is 0.786. The van der Waals surface area contributed by atoms with Crippen molar-refractivity contribution in [2.24, 2.45) is 0 Å². The minimum atomic E-state index is -0.492. The molecule has 1 fully saturated rings. The van der Waals surface area contributed by atoms with E-state index in [-0.39, 0.29) is 0 Å². The number of ether oxygens (including phenoxy) is 2. The van der Waals surface area contributed by atoms with Gasteiger partial charge < -0.3 is 9.47 Å². The lowest BCUT2D eigenvalue weighted by Gasteiger charge is -2.16. The van der Waals surface area contributed by atoms with Crippen LogP contribution >= 0.6 is 11.6 Å². The van der Waals surface area contributed by atoms with Gasteiger partial charge in [-0.05, 0) is 6.42 Å². The third-order valence-corrected chi connectivity index (χ3v) is 1.04. The van der Waals surface area contributed by atoms with Gasteiger partial charge in [-0.2, -0.15) is 0 Å². The molecule has 7 heavy (non-hydrogen) atoms. The molecule has 0 aromatic heterocycles. The van der Waals surface area contributed by atoms with Gasteiger partial charge in [0.15, 0.2) is 0 Å². The summed E-state index contributed by atoms with van der Waals surface area (Å²) < 4.78 is 9.64. The molecule has 2 nitrogen and oxygen atoms in total. The van der Waals surface area contributed by atoms with Crippen molar-refractivity contribution in [1.29, 1.82) is 0 Å². The van der Waals surface area contributed by atoms with Crippen molar-refractivity contribution in [1.82, 2.24) is 0 Å². The molecule has 0 aromatic carbocycles. The molecule has 3 heteroatoms. The Bertz CT molecular complexity index is 51.7. The lowest BCUT2D eigenvalue weighted by molar-refractivity contribution is -0.128. The van der Waals surface area contributed by atoms with Crippen LogP contribution in [0.5, 0.6) is 0 Å². The highest BCUT2D eigenvalue weighted by Crippen LogP contribution is 2.06. The van der Waals surface area contributed by atoms with Crippen LogP contribution in [-0.4, -0.2) is 19.0 Å². The van der Waals surface area contributed by atoms with Crippen molar-refractivity contribution in [2.75, 3.05) is 13.2 Å². The SMILES string of the molecule is ClC1OCCCO1. The molecular weight excluding hydrogens is 115 g/mol. The normalized spacial score (nSPS) is 25.3. The molecule has 0 aliphatic carbocycles. The maximum atomic E-state index is 5.37. The number of hydrogen-bond donors (Lipinski definition) is 0. The van der Waals surface area contributed by atoms with Gasteiger partial charge in [-0.3, -0.25) is 0 Å². The summed E-state index contributed by atoms with van der Waals surface area (Å²) in [4.78, 5) is 0. The summed E-state index contributed by atoms with van der Waals surface area (Å²) in [6.07, 6.45) is 0.962. The van der Waals surface area contributed by atoms with Crippen LogP contribution in [0.2, 0.25) is 0 Å². The van der Waals surface area contributed by atoms with Gasteiger partial charge in [-0.25, -0.2) is 0 Å². The first kappa shape index (κ1) is 5.35. The molecule has 0 atom stereocenters. The lowest BCUT2D eigenvalue weighted by Crippen LogP contribution is -2.18. The van der Waals surface area contributed by atoms with E-state index in [1.807, 2.05) is 0 Å². The predicted molar refractivity (Wildman–Crippen MR) is 26.2 cm³/mol. The Morgan fingerprint density at radius 3 is 2.14 bits per heavy atom. The quantitative estimate of drug-likeness (QED) is 0.446. The maximum absolute atomic E-state index is 5.37. The highest BCUT2D eigenvalue weighted by atomic mass is 35.5. The van der Waals surface area contributed by atoms with E-state index in [9.17, 15) is 0 Å². The summed E-state index contributed by atoms with van der Waals surface area (Å²) >= 11 is 5.37. The van der Waals surface area contributed by atoms with Crippen molar-refractivity contribution in [3.63, 3.8) is 0 Å². The van der Waals surface area contributed by atoms with E-state index in [1.54, 1.807) is 0 Å². The fraction of sp³-hybridized carbons (Fsp3) is 1.00. The van der Waals surface area contributed by atoms with Gasteiger partial charge in [0.25, 0.3) is 0 Å². The first-order valence-electron chi connectivity index (χ1n) is 2.27. The van der Waals surface area contributed by atoms with Gasteiger partial charge >= 0.3 is 0 Å². The molecule has 0 aromatic rings. The zero-order valence-electron chi connectivity index (χ0n) is 3.89. The summed E-state index contributed by atoms with van der Waals surface area (Å²) in [6.45, 7) is 1.46. The zero-order chi connectivity index (χ0) is 5.11. The second kappa shape index (κ2) is 2.50. The second-order valence-electron chi connectivity index (χ2n) is 1.37. The van der Waals surface area contributed by atoms with Crippen molar-refractivity contribution in [2.45, 2.75) is 12.2 Å². The molecule has 1 aliphatic heterocycles. The predicted octanol–water partition coefficient (Wildman–Crippen LogP) is 0.946. The molecule has 1 saturated heterocycles. The van der Waals surface area contributed by atoms with E-state index >= 15 is 0 Å². The Kier molecular flexibility index (Phi) is 1.91. The minimum Gasteiger partial charge on any atom is -0.340 e. The molecule has 0 amide bonds. The van der Waals surface area contributed by atoms with Crippen LogP contribution in [0, 0.1) is 0 Å². The van der Waals surface area contributed by atoms with Gasteiger partial charge in [0.1, 0.15) is 0 Å². The average Bonchev–Trinajstić information content (AvgIpc) is 1.69.